The lowest BCUT2D eigenvalue weighted by atomic mass is 10.2. The minimum atomic E-state index is -0.275. The van der Waals surface area contributed by atoms with Crippen LogP contribution < -0.4 is 5.32 Å². The molecule has 3 rings (SSSR count). The topological polar surface area (TPSA) is 64.7 Å². The molecule has 0 atom stereocenters. The molecule has 0 saturated heterocycles. The molecule has 26 heavy (non-hydrogen) atoms. The smallest absolute Gasteiger partial charge is 0.247 e. The van der Waals surface area contributed by atoms with E-state index < -0.39 is 0 Å². The highest BCUT2D eigenvalue weighted by Gasteiger charge is 2.14. The number of carbonyl (C=O) groups excluding carboxylic acids is 1. The Morgan fingerprint density at radius 1 is 1.15 bits per heavy atom. The van der Waals surface area contributed by atoms with Crippen LogP contribution in [-0.4, -0.2) is 25.5 Å². The van der Waals surface area contributed by atoms with Crippen LogP contribution in [-0.2, 0) is 17.9 Å². The Bertz CT molecular complexity index is 945. The van der Waals surface area contributed by atoms with E-state index in [1.54, 1.807) is 34.5 Å². The minimum absolute atomic E-state index is 0.0588. The van der Waals surface area contributed by atoms with Gasteiger partial charge in [-0.1, -0.05) is 23.7 Å². The van der Waals surface area contributed by atoms with Gasteiger partial charge in [0.15, 0.2) is 5.82 Å². The van der Waals surface area contributed by atoms with Crippen LogP contribution in [0.15, 0.2) is 30.3 Å². The Labute approximate surface area is 155 Å². The van der Waals surface area contributed by atoms with Crippen molar-refractivity contribution in [3.8, 4) is 0 Å². The molecule has 0 fully saturated rings. The van der Waals surface area contributed by atoms with Crippen LogP contribution >= 0.6 is 11.6 Å². The van der Waals surface area contributed by atoms with Gasteiger partial charge in [-0.05, 0) is 38.5 Å². The molecular weight excluding hydrogens is 357 g/mol. The summed E-state index contributed by atoms with van der Waals surface area (Å²) < 4.78 is 16.3. The Morgan fingerprint density at radius 2 is 1.85 bits per heavy atom. The summed E-state index contributed by atoms with van der Waals surface area (Å²) in [6.07, 6.45) is 0. The predicted molar refractivity (Wildman–Crippen MR) is 97.8 cm³/mol. The summed E-state index contributed by atoms with van der Waals surface area (Å²) in [7, 11) is 0. The second kappa shape index (κ2) is 7.29. The van der Waals surface area contributed by atoms with Crippen molar-refractivity contribution in [2.75, 3.05) is 5.32 Å². The van der Waals surface area contributed by atoms with E-state index >= 15 is 0 Å². The van der Waals surface area contributed by atoms with E-state index in [-0.39, 0.29) is 18.3 Å². The van der Waals surface area contributed by atoms with Crippen molar-refractivity contribution in [2.24, 2.45) is 0 Å². The average molecular weight is 376 g/mol. The maximum atomic E-state index is 13.0. The van der Waals surface area contributed by atoms with Crippen LogP contribution in [0.2, 0.25) is 5.02 Å². The normalized spacial score (nSPS) is 11.0. The summed E-state index contributed by atoms with van der Waals surface area (Å²) >= 11 is 6.10. The number of rotatable bonds is 5. The molecule has 0 aliphatic rings. The van der Waals surface area contributed by atoms with Crippen molar-refractivity contribution in [2.45, 2.75) is 33.9 Å². The van der Waals surface area contributed by atoms with Crippen molar-refractivity contribution in [1.82, 2.24) is 19.6 Å². The van der Waals surface area contributed by atoms with Crippen molar-refractivity contribution >= 4 is 23.3 Å². The van der Waals surface area contributed by atoms with E-state index in [1.165, 1.54) is 12.1 Å². The number of aromatic nitrogens is 4. The zero-order valence-corrected chi connectivity index (χ0v) is 15.5. The van der Waals surface area contributed by atoms with Gasteiger partial charge in [0.05, 0.1) is 23.0 Å². The van der Waals surface area contributed by atoms with E-state index in [2.05, 4.69) is 15.5 Å². The van der Waals surface area contributed by atoms with E-state index in [9.17, 15) is 9.18 Å². The van der Waals surface area contributed by atoms with Gasteiger partial charge in [-0.2, -0.15) is 10.2 Å². The summed E-state index contributed by atoms with van der Waals surface area (Å²) in [6, 6.07) is 8.03. The van der Waals surface area contributed by atoms with Gasteiger partial charge in [-0.3, -0.25) is 14.2 Å². The third-order valence-electron chi connectivity index (χ3n) is 4.08. The molecule has 0 radical (unpaired) electrons. The number of carbonyl (C=O) groups is 1. The maximum absolute atomic E-state index is 13.0. The van der Waals surface area contributed by atoms with E-state index in [4.69, 9.17) is 11.6 Å². The van der Waals surface area contributed by atoms with Crippen LogP contribution in [0.25, 0.3) is 0 Å². The minimum Gasteiger partial charge on any atom is -0.308 e. The SMILES string of the molecule is Cc1nn(CC(=O)Nc2cc(C)n(Cc3ccc(F)cc3)n2)c(C)c1Cl. The molecule has 6 nitrogen and oxygen atoms in total. The molecule has 0 unspecified atom stereocenters. The Morgan fingerprint density at radius 3 is 2.46 bits per heavy atom. The Balaban J connectivity index is 1.67. The number of hydrogen-bond donors (Lipinski definition) is 1. The van der Waals surface area contributed by atoms with Gasteiger partial charge < -0.3 is 5.32 Å². The molecule has 1 aromatic carbocycles. The number of hydrogen-bond acceptors (Lipinski definition) is 3. The van der Waals surface area contributed by atoms with E-state index in [1.807, 2.05) is 13.8 Å². The van der Waals surface area contributed by atoms with Crippen molar-refractivity contribution in [1.29, 1.82) is 0 Å². The Kier molecular flexibility index (Phi) is 5.08. The van der Waals surface area contributed by atoms with Crippen LogP contribution in [0.3, 0.4) is 0 Å². The molecule has 0 aliphatic carbocycles. The highest BCUT2D eigenvalue weighted by molar-refractivity contribution is 6.31. The highest BCUT2D eigenvalue weighted by Crippen LogP contribution is 2.19. The van der Waals surface area contributed by atoms with E-state index in [0.717, 1.165) is 17.0 Å². The fourth-order valence-electron chi connectivity index (χ4n) is 2.64. The lowest BCUT2D eigenvalue weighted by Crippen LogP contribution is -2.20. The van der Waals surface area contributed by atoms with Crippen LogP contribution in [0.4, 0.5) is 10.2 Å². The first-order valence-electron chi connectivity index (χ1n) is 8.11. The molecule has 3 aromatic rings. The third-order valence-corrected chi connectivity index (χ3v) is 4.63. The summed E-state index contributed by atoms with van der Waals surface area (Å²) in [4.78, 5) is 12.3. The summed E-state index contributed by atoms with van der Waals surface area (Å²) in [5.41, 5.74) is 3.25. The first-order chi connectivity index (χ1) is 12.3. The molecule has 2 heterocycles. The number of nitrogens with one attached hydrogen (secondary N) is 1. The van der Waals surface area contributed by atoms with Gasteiger partial charge in [0.2, 0.25) is 5.91 Å². The van der Waals surface area contributed by atoms with Crippen LogP contribution in [0.1, 0.15) is 22.6 Å². The molecule has 8 heteroatoms. The number of anilines is 1. The Hall–Kier alpha value is -2.67. The summed E-state index contributed by atoms with van der Waals surface area (Å²) in [5.74, 6) is -0.0518. The van der Waals surface area contributed by atoms with Gasteiger partial charge in [0.1, 0.15) is 12.4 Å². The van der Waals surface area contributed by atoms with Crippen molar-refractivity contribution < 1.29 is 9.18 Å². The molecule has 1 amide bonds. The van der Waals surface area contributed by atoms with E-state index in [0.29, 0.717) is 23.1 Å². The van der Waals surface area contributed by atoms with Crippen molar-refractivity contribution in [3.05, 3.63) is 63.8 Å². The monoisotopic (exact) mass is 375 g/mol. The largest absolute Gasteiger partial charge is 0.308 e. The van der Waals surface area contributed by atoms with Crippen LogP contribution in [0.5, 0.6) is 0 Å². The molecule has 2 aromatic heterocycles. The molecule has 0 saturated carbocycles. The zero-order valence-electron chi connectivity index (χ0n) is 14.8. The second-order valence-electron chi connectivity index (χ2n) is 6.15. The fraction of sp³-hybridized carbons (Fsp3) is 0.278. The van der Waals surface area contributed by atoms with Gasteiger partial charge in [-0.15, -0.1) is 0 Å². The molecule has 136 valence electrons. The molecule has 0 aliphatic heterocycles. The summed E-state index contributed by atoms with van der Waals surface area (Å²) in [6.45, 7) is 6.06. The molecule has 0 spiro atoms. The molecule has 0 bridgehead atoms. The quantitative estimate of drug-likeness (QED) is 0.742. The molecular formula is C18H19ClFN5O. The third kappa shape index (κ3) is 3.94. The molecule has 1 N–H and O–H groups in total. The maximum Gasteiger partial charge on any atom is 0.247 e. The van der Waals surface area contributed by atoms with Crippen LogP contribution in [0, 0.1) is 26.6 Å². The van der Waals surface area contributed by atoms with Gasteiger partial charge in [-0.25, -0.2) is 4.39 Å². The first-order valence-corrected chi connectivity index (χ1v) is 8.49. The van der Waals surface area contributed by atoms with Crippen molar-refractivity contribution in [3.63, 3.8) is 0 Å². The lowest BCUT2D eigenvalue weighted by molar-refractivity contribution is -0.117. The second-order valence-corrected chi connectivity index (χ2v) is 6.52. The zero-order chi connectivity index (χ0) is 18.8. The lowest BCUT2D eigenvalue weighted by Gasteiger charge is -2.05. The standard InChI is InChI=1S/C18H19ClFN5O/c1-11-8-16(23-24(11)9-14-4-6-15(20)7-5-14)21-17(26)10-25-13(3)18(19)12(2)22-25/h4-8H,9-10H2,1-3H3,(H,21,23,26). The number of nitrogens with zero attached hydrogens (tertiary/aromatic N) is 4. The van der Waals surface area contributed by atoms with Gasteiger partial charge in [0.25, 0.3) is 0 Å². The average Bonchev–Trinajstić information content (AvgIpc) is 3.04. The fourth-order valence-corrected chi connectivity index (χ4v) is 2.78. The van der Waals surface area contributed by atoms with Gasteiger partial charge >= 0.3 is 0 Å². The first kappa shape index (κ1) is 18.1. The number of benzene rings is 1. The number of halogens is 2. The summed E-state index contributed by atoms with van der Waals surface area (Å²) in [5, 5.41) is 12.0. The number of amides is 1. The number of aryl methyl sites for hydroxylation is 2. The highest BCUT2D eigenvalue weighted by atomic mass is 35.5. The van der Waals surface area contributed by atoms with Gasteiger partial charge in [0, 0.05) is 11.8 Å². The predicted octanol–water partition coefficient (Wildman–Crippen LogP) is 3.48.